The van der Waals surface area contributed by atoms with Crippen LogP contribution < -0.4 is 10.1 Å². The third-order valence-corrected chi connectivity index (χ3v) is 3.09. The van der Waals surface area contributed by atoms with E-state index in [9.17, 15) is 8.78 Å². The highest BCUT2D eigenvalue weighted by Gasteiger charge is 2.12. The van der Waals surface area contributed by atoms with Gasteiger partial charge in [0.05, 0.1) is 6.61 Å². The van der Waals surface area contributed by atoms with Crippen LogP contribution in [0.4, 0.5) is 8.78 Å². The molecule has 17 heavy (non-hydrogen) atoms. The molecule has 2 nitrogen and oxygen atoms in total. The molecule has 1 saturated heterocycles. The molecule has 0 saturated carbocycles. The van der Waals surface area contributed by atoms with Crippen LogP contribution in [0, 0.1) is 17.6 Å². The molecule has 94 valence electrons. The smallest absolute Gasteiger partial charge is 0.129 e. The first kappa shape index (κ1) is 12.3. The summed E-state index contributed by atoms with van der Waals surface area (Å²) in [6.45, 7) is 2.63. The number of ether oxygens (including phenoxy) is 1. The van der Waals surface area contributed by atoms with E-state index in [1.165, 1.54) is 12.1 Å². The van der Waals surface area contributed by atoms with Crippen molar-refractivity contribution in [1.29, 1.82) is 0 Å². The Balaban J connectivity index is 1.77. The Labute approximate surface area is 100.0 Å². The van der Waals surface area contributed by atoms with Gasteiger partial charge in [0.15, 0.2) is 0 Å². The predicted molar refractivity (Wildman–Crippen MR) is 62.1 cm³/mol. The monoisotopic (exact) mass is 241 g/mol. The molecule has 0 aliphatic carbocycles. The first-order chi connectivity index (χ1) is 8.24. The Bertz CT molecular complexity index is 344. The second kappa shape index (κ2) is 5.96. The fourth-order valence-corrected chi connectivity index (χ4v) is 2.13. The molecular formula is C13H17F2NO. The molecule has 1 heterocycles. The van der Waals surface area contributed by atoms with Gasteiger partial charge in [0, 0.05) is 18.2 Å². The van der Waals surface area contributed by atoms with E-state index < -0.39 is 11.6 Å². The summed E-state index contributed by atoms with van der Waals surface area (Å²) in [5.41, 5.74) is 0. The summed E-state index contributed by atoms with van der Waals surface area (Å²) in [6, 6.07) is 3.27. The van der Waals surface area contributed by atoms with E-state index in [4.69, 9.17) is 4.74 Å². The lowest BCUT2D eigenvalue weighted by atomic mass is 9.95. The summed E-state index contributed by atoms with van der Waals surface area (Å²) in [7, 11) is 0. The van der Waals surface area contributed by atoms with Gasteiger partial charge in [0.2, 0.25) is 0 Å². The highest BCUT2D eigenvalue weighted by atomic mass is 19.1. The Kier molecular flexibility index (Phi) is 4.31. The Morgan fingerprint density at radius 3 is 2.41 bits per heavy atom. The minimum atomic E-state index is -0.595. The van der Waals surface area contributed by atoms with Crippen molar-refractivity contribution in [1.82, 2.24) is 5.32 Å². The molecule has 1 aliphatic rings. The zero-order chi connectivity index (χ0) is 12.1. The molecule has 0 bridgehead atoms. The van der Waals surface area contributed by atoms with Gasteiger partial charge in [0.25, 0.3) is 0 Å². The van der Waals surface area contributed by atoms with Gasteiger partial charge in [-0.25, -0.2) is 8.78 Å². The van der Waals surface area contributed by atoms with Crippen molar-refractivity contribution in [3.8, 4) is 5.75 Å². The predicted octanol–water partition coefficient (Wildman–Crippen LogP) is 2.73. The standard InChI is InChI=1S/C13H17F2NO/c14-11-7-12(15)9-13(8-11)17-6-3-10-1-4-16-5-2-10/h7-10,16H,1-6H2. The van der Waals surface area contributed by atoms with Gasteiger partial charge in [0.1, 0.15) is 17.4 Å². The van der Waals surface area contributed by atoms with Crippen LogP contribution in [0.15, 0.2) is 18.2 Å². The van der Waals surface area contributed by atoms with E-state index >= 15 is 0 Å². The SMILES string of the molecule is Fc1cc(F)cc(OCCC2CCNCC2)c1. The molecule has 0 atom stereocenters. The maximum absolute atomic E-state index is 12.9. The number of hydrogen-bond acceptors (Lipinski definition) is 2. The van der Waals surface area contributed by atoms with Crippen molar-refractivity contribution in [2.45, 2.75) is 19.3 Å². The van der Waals surface area contributed by atoms with E-state index in [0.29, 0.717) is 12.5 Å². The van der Waals surface area contributed by atoms with Crippen LogP contribution in [0.5, 0.6) is 5.75 Å². The molecular weight excluding hydrogens is 224 g/mol. The highest BCUT2D eigenvalue weighted by Crippen LogP contribution is 2.19. The highest BCUT2D eigenvalue weighted by molar-refractivity contribution is 5.23. The van der Waals surface area contributed by atoms with Crippen LogP contribution in [0.1, 0.15) is 19.3 Å². The van der Waals surface area contributed by atoms with Crippen molar-refractivity contribution in [3.05, 3.63) is 29.8 Å². The minimum absolute atomic E-state index is 0.274. The van der Waals surface area contributed by atoms with Crippen LogP contribution in [-0.2, 0) is 0 Å². The van der Waals surface area contributed by atoms with Gasteiger partial charge in [-0.1, -0.05) is 0 Å². The van der Waals surface area contributed by atoms with Gasteiger partial charge < -0.3 is 10.1 Å². The van der Waals surface area contributed by atoms with Gasteiger partial charge in [-0.3, -0.25) is 0 Å². The Morgan fingerprint density at radius 1 is 1.12 bits per heavy atom. The first-order valence-electron chi connectivity index (χ1n) is 6.03. The molecule has 1 fully saturated rings. The zero-order valence-corrected chi connectivity index (χ0v) is 9.72. The van der Waals surface area contributed by atoms with Crippen molar-refractivity contribution < 1.29 is 13.5 Å². The molecule has 0 unspecified atom stereocenters. The Morgan fingerprint density at radius 2 is 1.76 bits per heavy atom. The van der Waals surface area contributed by atoms with Crippen molar-refractivity contribution in [2.75, 3.05) is 19.7 Å². The van der Waals surface area contributed by atoms with Crippen LogP contribution >= 0.6 is 0 Å². The summed E-state index contributed by atoms with van der Waals surface area (Å²) >= 11 is 0. The summed E-state index contributed by atoms with van der Waals surface area (Å²) in [5.74, 6) is -0.255. The van der Waals surface area contributed by atoms with Gasteiger partial charge in [-0.05, 0) is 38.3 Å². The van der Waals surface area contributed by atoms with Crippen molar-refractivity contribution in [2.24, 2.45) is 5.92 Å². The average Bonchev–Trinajstić information content (AvgIpc) is 2.29. The van der Waals surface area contributed by atoms with Crippen LogP contribution in [0.2, 0.25) is 0 Å². The third-order valence-electron chi connectivity index (χ3n) is 3.09. The quantitative estimate of drug-likeness (QED) is 0.875. The van der Waals surface area contributed by atoms with E-state index in [2.05, 4.69) is 5.32 Å². The first-order valence-corrected chi connectivity index (χ1v) is 6.03. The molecule has 2 rings (SSSR count). The number of hydrogen-bond donors (Lipinski definition) is 1. The normalized spacial score (nSPS) is 17.1. The maximum Gasteiger partial charge on any atom is 0.129 e. The minimum Gasteiger partial charge on any atom is -0.493 e. The van der Waals surface area contributed by atoms with Gasteiger partial charge in [-0.15, -0.1) is 0 Å². The summed E-state index contributed by atoms with van der Waals surface area (Å²) in [4.78, 5) is 0. The molecule has 0 spiro atoms. The Hall–Kier alpha value is -1.16. The number of rotatable bonds is 4. The van der Waals surface area contributed by atoms with Crippen LogP contribution in [0.3, 0.4) is 0 Å². The van der Waals surface area contributed by atoms with Gasteiger partial charge in [-0.2, -0.15) is 0 Å². The summed E-state index contributed by atoms with van der Waals surface area (Å²) < 4.78 is 31.1. The second-order valence-corrected chi connectivity index (χ2v) is 4.44. The average molecular weight is 241 g/mol. The second-order valence-electron chi connectivity index (χ2n) is 4.44. The molecule has 0 amide bonds. The molecule has 1 aromatic carbocycles. The summed E-state index contributed by atoms with van der Waals surface area (Å²) in [5, 5.41) is 3.30. The van der Waals surface area contributed by atoms with Crippen molar-refractivity contribution >= 4 is 0 Å². The maximum atomic E-state index is 12.9. The van der Waals surface area contributed by atoms with Crippen molar-refractivity contribution in [3.63, 3.8) is 0 Å². The number of benzene rings is 1. The molecule has 0 aromatic heterocycles. The van der Waals surface area contributed by atoms with Crippen LogP contribution in [-0.4, -0.2) is 19.7 Å². The summed E-state index contributed by atoms with van der Waals surface area (Å²) in [6.07, 6.45) is 3.25. The number of nitrogens with one attached hydrogen (secondary N) is 1. The molecule has 1 aliphatic heterocycles. The topological polar surface area (TPSA) is 21.3 Å². The van der Waals surface area contributed by atoms with Crippen LogP contribution in [0.25, 0.3) is 0 Å². The van der Waals surface area contributed by atoms with E-state index in [0.717, 1.165) is 38.4 Å². The lowest BCUT2D eigenvalue weighted by molar-refractivity contribution is 0.250. The van der Waals surface area contributed by atoms with E-state index in [1.807, 2.05) is 0 Å². The zero-order valence-electron chi connectivity index (χ0n) is 9.72. The lowest BCUT2D eigenvalue weighted by Gasteiger charge is -2.22. The third kappa shape index (κ3) is 3.97. The fourth-order valence-electron chi connectivity index (χ4n) is 2.13. The molecule has 1 aromatic rings. The molecule has 1 N–H and O–H groups in total. The van der Waals surface area contributed by atoms with E-state index in [-0.39, 0.29) is 5.75 Å². The van der Waals surface area contributed by atoms with E-state index in [1.54, 1.807) is 0 Å². The largest absolute Gasteiger partial charge is 0.493 e. The van der Waals surface area contributed by atoms with Gasteiger partial charge >= 0.3 is 0 Å². The number of halogens is 2. The lowest BCUT2D eigenvalue weighted by Crippen LogP contribution is -2.28. The molecule has 4 heteroatoms. The number of piperidine rings is 1. The fraction of sp³-hybridized carbons (Fsp3) is 0.538. The molecule has 0 radical (unpaired) electrons.